The summed E-state index contributed by atoms with van der Waals surface area (Å²) < 4.78 is 10.6. The Kier molecular flexibility index (Phi) is 4.43. The monoisotopic (exact) mass is 366 g/mol. The van der Waals surface area contributed by atoms with Crippen LogP contribution in [0.5, 0.6) is 5.75 Å². The quantitative estimate of drug-likeness (QED) is 0.710. The van der Waals surface area contributed by atoms with E-state index < -0.39 is 0 Å². The summed E-state index contributed by atoms with van der Waals surface area (Å²) in [4.78, 5) is 21.6. The summed E-state index contributed by atoms with van der Waals surface area (Å²) >= 11 is 0. The van der Waals surface area contributed by atoms with Crippen molar-refractivity contribution in [2.75, 3.05) is 38.2 Å². The highest BCUT2D eigenvalue weighted by molar-refractivity contribution is 6.06. The zero-order valence-electron chi connectivity index (χ0n) is 15.7. The van der Waals surface area contributed by atoms with E-state index >= 15 is 0 Å². The van der Waals surface area contributed by atoms with E-state index in [4.69, 9.17) is 9.26 Å². The molecule has 0 N–H and O–H groups in total. The molecule has 0 aliphatic carbocycles. The number of piperazine rings is 1. The van der Waals surface area contributed by atoms with Gasteiger partial charge in [0.2, 0.25) is 0 Å². The van der Waals surface area contributed by atoms with Crippen molar-refractivity contribution in [1.29, 1.82) is 0 Å². The number of aryl methyl sites for hydroxylation is 2. The third-order valence-electron chi connectivity index (χ3n) is 4.96. The van der Waals surface area contributed by atoms with Gasteiger partial charge in [-0.05, 0) is 32.0 Å². The number of carbonyl (C=O) groups is 1. The van der Waals surface area contributed by atoms with E-state index in [0.29, 0.717) is 35.4 Å². The standard InChI is InChI=1S/C20H22N4O3/c1-13-11-17(18-14(2)22-27-19(18)21-13)20(25)24-9-7-23(8-10-24)15-5-4-6-16(12-15)26-3/h4-6,11-12H,7-10H2,1-3H3. The first-order valence-corrected chi connectivity index (χ1v) is 8.98. The molecular formula is C20H22N4O3. The molecule has 3 heterocycles. The summed E-state index contributed by atoms with van der Waals surface area (Å²) in [5.41, 5.74) is 3.59. The summed E-state index contributed by atoms with van der Waals surface area (Å²) in [5.74, 6) is 0.839. The fourth-order valence-electron chi connectivity index (χ4n) is 3.53. The van der Waals surface area contributed by atoms with E-state index in [2.05, 4.69) is 21.1 Å². The van der Waals surface area contributed by atoms with Crippen molar-refractivity contribution < 1.29 is 14.1 Å². The molecule has 27 heavy (non-hydrogen) atoms. The maximum Gasteiger partial charge on any atom is 0.258 e. The molecule has 1 aromatic carbocycles. The molecule has 4 rings (SSSR count). The number of nitrogens with zero attached hydrogens (tertiary/aromatic N) is 4. The molecule has 0 radical (unpaired) electrons. The van der Waals surface area contributed by atoms with Crippen LogP contribution in [-0.2, 0) is 0 Å². The van der Waals surface area contributed by atoms with Gasteiger partial charge in [-0.15, -0.1) is 0 Å². The van der Waals surface area contributed by atoms with Crippen LogP contribution in [0.1, 0.15) is 21.7 Å². The van der Waals surface area contributed by atoms with Crippen LogP contribution in [0.15, 0.2) is 34.9 Å². The Morgan fingerprint density at radius 3 is 2.67 bits per heavy atom. The molecule has 2 aromatic heterocycles. The number of fused-ring (bicyclic) bond motifs is 1. The molecule has 1 amide bonds. The molecule has 1 fully saturated rings. The average molecular weight is 366 g/mol. The second kappa shape index (κ2) is 6.90. The topological polar surface area (TPSA) is 71.7 Å². The second-order valence-electron chi connectivity index (χ2n) is 6.74. The van der Waals surface area contributed by atoms with Crippen molar-refractivity contribution in [1.82, 2.24) is 15.0 Å². The number of aromatic nitrogens is 2. The number of rotatable bonds is 3. The smallest absolute Gasteiger partial charge is 0.258 e. The Bertz CT molecular complexity index is 990. The molecule has 0 bridgehead atoms. The normalized spacial score (nSPS) is 14.6. The number of benzene rings is 1. The Balaban J connectivity index is 1.53. The van der Waals surface area contributed by atoms with Gasteiger partial charge in [-0.25, -0.2) is 4.98 Å². The van der Waals surface area contributed by atoms with Crippen LogP contribution in [0.3, 0.4) is 0 Å². The van der Waals surface area contributed by atoms with Gasteiger partial charge in [0.1, 0.15) is 5.75 Å². The van der Waals surface area contributed by atoms with Crippen molar-refractivity contribution in [2.45, 2.75) is 13.8 Å². The van der Waals surface area contributed by atoms with Crippen LogP contribution in [0.2, 0.25) is 0 Å². The van der Waals surface area contributed by atoms with E-state index in [9.17, 15) is 4.79 Å². The first-order chi connectivity index (χ1) is 13.1. The third-order valence-corrected chi connectivity index (χ3v) is 4.96. The molecular weight excluding hydrogens is 344 g/mol. The first-order valence-electron chi connectivity index (χ1n) is 8.98. The molecule has 0 saturated carbocycles. The van der Waals surface area contributed by atoms with Crippen LogP contribution in [0.25, 0.3) is 11.1 Å². The second-order valence-corrected chi connectivity index (χ2v) is 6.74. The minimum Gasteiger partial charge on any atom is -0.497 e. The number of ether oxygens (including phenoxy) is 1. The molecule has 7 nitrogen and oxygen atoms in total. The summed E-state index contributed by atoms with van der Waals surface area (Å²) in [7, 11) is 1.67. The molecule has 1 aliphatic rings. The van der Waals surface area contributed by atoms with E-state index in [-0.39, 0.29) is 5.91 Å². The molecule has 1 aliphatic heterocycles. The van der Waals surface area contributed by atoms with Gasteiger partial charge in [-0.2, -0.15) is 0 Å². The van der Waals surface area contributed by atoms with Gasteiger partial charge in [0.15, 0.2) is 0 Å². The van der Waals surface area contributed by atoms with E-state index in [1.807, 2.05) is 43.0 Å². The van der Waals surface area contributed by atoms with Gasteiger partial charge in [-0.3, -0.25) is 4.79 Å². The van der Waals surface area contributed by atoms with Crippen LogP contribution in [0.4, 0.5) is 5.69 Å². The van der Waals surface area contributed by atoms with Crippen molar-refractivity contribution in [3.8, 4) is 5.75 Å². The number of hydrogen-bond donors (Lipinski definition) is 0. The number of anilines is 1. The maximum absolute atomic E-state index is 13.1. The molecule has 140 valence electrons. The maximum atomic E-state index is 13.1. The number of methoxy groups -OCH3 is 1. The number of pyridine rings is 1. The zero-order valence-corrected chi connectivity index (χ0v) is 15.7. The molecule has 0 spiro atoms. The lowest BCUT2D eigenvalue weighted by Crippen LogP contribution is -2.48. The van der Waals surface area contributed by atoms with Gasteiger partial charge in [0, 0.05) is 43.6 Å². The van der Waals surface area contributed by atoms with Crippen LogP contribution in [0, 0.1) is 13.8 Å². The van der Waals surface area contributed by atoms with Gasteiger partial charge >= 0.3 is 0 Å². The lowest BCUT2D eigenvalue weighted by atomic mass is 10.1. The highest BCUT2D eigenvalue weighted by atomic mass is 16.5. The molecule has 7 heteroatoms. The summed E-state index contributed by atoms with van der Waals surface area (Å²) in [6.45, 7) is 6.55. The van der Waals surface area contributed by atoms with Crippen molar-refractivity contribution in [3.63, 3.8) is 0 Å². The number of hydrogen-bond acceptors (Lipinski definition) is 6. The molecule has 0 atom stereocenters. The Labute approximate surface area is 157 Å². The van der Waals surface area contributed by atoms with Crippen LogP contribution >= 0.6 is 0 Å². The molecule has 1 saturated heterocycles. The number of amides is 1. The van der Waals surface area contributed by atoms with Crippen molar-refractivity contribution in [2.24, 2.45) is 0 Å². The molecule has 3 aromatic rings. The lowest BCUT2D eigenvalue weighted by molar-refractivity contribution is 0.0748. The van der Waals surface area contributed by atoms with Gasteiger partial charge < -0.3 is 19.1 Å². The van der Waals surface area contributed by atoms with E-state index in [0.717, 1.165) is 30.2 Å². The van der Waals surface area contributed by atoms with Gasteiger partial charge in [0.05, 0.1) is 23.8 Å². The largest absolute Gasteiger partial charge is 0.497 e. The van der Waals surface area contributed by atoms with E-state index in [1.165, 1.54) is 0 Å². The van der Waals surface area contributed by atoms with Gasteiger partial charge in [0.25, 0.3) is 11.6 Å². The fourth-order valence-corrected chi connectivity index (χ4v) is 3.53. The highest BCUT2D eigenvalue weighted by Crippen LogP contribution is 2.25. The molecule has 0 unspecified atom stereocenters. The van der Waals surface area contributed by atoms with Crippen molar-refractivity contribution >= 4 is 22.7 Å². The zero-order chi connectivity index (χ0) is 19.0. The van der Waals surface area contributed by atoms with Gasteiger partial charge in [-0.1, -0.05) is 11.2 Å². The summed E-state index contributed by atoms with van der Waals surface area (Å²) in [6, 6.07) is 9.83. The predicted molar refractivity (Wildman–Crippen MR) is 102 cm³/mol. The fraction of sp³-hybridized carbons (Fsp3) is 0.350. The Morgan fingerprint density at radius 1 is 1.15 bits per heavy atom. The Morgan fingerprint density at radius 2 is 1.93 bits per heavy atom. The Hall–Kier alpha value is -3.09. The van der Waals surface area contributed by atoms with Crippen LogP contribution < -0.4 is 9.64 Å². The highest BCUT2D eigenvalue weighted by Gasteiger charge is 2.26. The van der Waals surface area contributed by atoms with Crippen molar-refractivity contribution in [3.05, 3.63) is 47.3 Å². The number of carbonyl (C=O) groups excluding carboxylic acids is 1. The third kappa shape index (κ3) is 3.20. The first kappa shape index (κ1) is 17.3. The summed E-state index contributed by atoms with van der Waals surface area (Å²) in [6.07, 6.45) is 0. The average Bonchev–Trinajstić information content (AvgIpc) is 3.07. The lowest BCUT2D eigenvalue weighted by Gasteiger charge is -2.36. The van der Waals surface area contributed by atoms with Crippen LogP contribution in [-0.4, -0.2) is 54.2 Å². The minimum absolute atomic E-state index is 0.00194. The predicted octanol–water partition coefficient (Wildman–Crippen LogP) is 2.81. The minimum atomic E-state index is 0.00194. The summed E-state index contributed by atoms with van der Waals surface area (Å²) in [5, 5.41) is 4.67. The SMILES string of the molecule is COc1cccc(N2CCN(C(=O)c3cc(C)nc4onc(C)c34)CC2)c1. The van der Waals surface area contributed by atoms with E-state index in [1.54, 1.807) is 7.11 Å².